The Morgan fingerprint density at radius 2 is 2.24 bits per heavy atom. The summed E-state index contributed by atoms with van der Waals surface area (Å²) in [4.78, 5) is 18.6. The second-order valence-electron chi connectivity index (χ2n) is 4.52. The number of aromatic carboxylic acids is 1. The smallest absolute Gasteiger partial charge is 0.356 e. The first-order chi connectivity index (χ1) is 10.1. The number of hydrogen-bond acceptors (Lipinski definition) is 6. The van der Waals surface area contributed by atoms with Crippen molar-refractivity contribution in [2.24, 2.45) is 0 Å². The van der Waals surface area contributed by atoms with E-state index >= 15 is 0 Å². The molecule has 2 aromatic heterocycles. The maximum absolute atomic E-state index is 10.7. The van der Waals surface area contributed by atoms with Gasteiger partial charge in [-0.1, -0.05) is 0 Å². The maximum Gasteiger partial charge on any atom is 0.356 e. The predicted octanol–water partition coefficient (Wildman–Crippen LogP) is 2.27. The molecule has 0 saturated carbocycles. The van der Waals surface area contributed by atoms with E-state index in [1.165, 1.54) is 12.4 Å². The fraction of sp³-hybridized carbons (Fsp3) is 0.357. The summed E-state index contributed by atoms with van der Waals surface area (Å²) < 4.78 is 10.7. The third-order valence-corrected chi connectivity index (χ3v) is 2.91. The molecule has 1 atom stereocenters. The molecule has 112 valence electrons. The molecule has 2 N–H and O–H groups in total. The van der Waals surface area contributed by atoms with Crippen LogP contribution in [0.15, 0.2) is 28.9 Å². The van der Waals surface area contributed by atoms with Crippen LogP contribution in [0.1, 0.15) is 34.5 Å². The van der Waals surface area contributed by atoms with Crippen molar-refractivity contribution in [1.29, 1.82) is 0 Å². The summed E-state index contributed by atoms with van der Waals surface area (Å²) in [5, 5.41) is 12.0. The summed E-state index contributed by atoms with van der Waals surface area (Å²) in [6.45, 7) is 2.43. The van der Waals surface area contributed by atoms with E-state index in [4.69, 9.17) is 14.3 Å². The third-order valence-electron chi connectivity index (χ3n) is 2.91. The third kappa shape index (κ3) is 4.03. The van der Waals surface area contributed by atoms with Gasteiger partial charge < -0.3 is 19.6 Å². The number of methoxy groups -OCH3 is 1. The lowest BCUT2D eigenvalue weighted by Crippen LogP contribution is -2.14. The van der Waals surface area contributed by atoms with Gasteiger partial charge in [0.05, 0.1) is 18.4 Å². The Hall–Kier alpha value is -2.41. The number of carbonyl (C=O) groups is 1. The van der Waals surface area contributed by atoms with Crippen molar-refractivity contribution >= 4 is 11.8 Å². The Morgan fingerprint density at radius 3 is 2.76 bits per heavy atom. The number of carboxylic acids is 1. The van der Waals surface area contributed by atoms with Gasteiger partial charge in [0.2, 0.25) is 0 Å². The second-order valence-corrected chi connectivity index (χ2v) is 4.52. The lowest BCUT2D eigenvalue weighted by Gasteiger charge is -2.16. The fourth-order valence-electron chi connectivity index (χ4n) is 1.85. The number of aromatic nitrogens is 2. The summed E-state index contributed by atoms with van der Waals surface area (Å²) >= 11 is 0. The average molecular weight is 291 g/mol. The number of furan rings is 1. The average Bonchev–Trinajstić information content (AvgIpc) is 2.90. The van der Waals surface area contributed by atoms with Crippen LogP contribution in [0.2, 0.25) is 0 Å². The van der Waals surface area contributed by atoms with Gasteiger partial charge in [-0.2, -0.15) is 0 Å². The summed E-state index contributed by atoms with van der Waals surface area (Å²) in [5.41, 5.74) is -0.0946. The molecule has 7 nitrogen and oxygen atoms in total. The molecular formula is C14H17N3O4. The topological polar surface area (TPSA) is 97.5 Å². The highest BCUT2D eigenvalue weighted by atomic mass is 16.5. The van der Waals surface area contributed by atoms with E-state index < -0.39 is 5.97 Å². The van der Waals surface area contributed by atoms with Gasteiger partial charge in [0, 0.05) is 13.7 Å². The predicted molar refractivity (Wildman–Crippen MR) is 75.3 cm³/mol. The summed E-state index contributed by atoms with van der Waals surface area (Å²) in [6, 6.07) is 3.65. The Bertz CT molecular complexity index is 595. The largest absolute Gasteiger partial charge is 0.476 e. The highest BCUT2D eigenvalue weighted by Crippen LogP contribution is 2.23. The molecule has 2 rings (SSSR count). The molecule has 0 saturated heterocycles. The molecule has 0 amide bonds. The molecule has 0 spiro atoms. The van der Waals surface area contributed by atoms with Crippen LogP contribution in [-0.4, -0.2) is 34.8 Å². The standard InChI is InChI=1S/C14H17N3O4/c1-9-3-4-12(21-9)10(5-6-20-2)17-13-8-15-11(7-16-13)14(18)19/h3-4,7-8,10H,5-6H2,1-2H3,(H,16,17)(H,18,19). The first kappa shape index (κ1) is 15.0. The zero-order valence-corrected chi connectivity index (χ0v) is 11.9. The molecule has 0 fully saturated rings. The van der Waals surface area contributed by atoms with Crippen LogP contribution in [0.4, 0.5) is 5.82 Å². The number of ether oxygens (including phenoxy) is 1. The van der Waals surface area contributed by atoms with E-state index in [1.54, 1.807) is 7.11 Å². The van der Waals surface area contributed by atoms with Crippen molar-refractivity contribution in [1.82, 2.24) is 9.97 Å². The Kier molecular flexibility index (Phi) is 4.89. The lowest BCUT2D eigenvalue weighted by atomic mass is 10.1. The molecule has 0 aliphatic carbocycles. The van der Waals surface area contributed by atoms with Gasteiger partial charge in [0.25, 0.3) is 0 Å². The normalized spacial score (nSPS) is 12.1. The van der Waals surface area contributed by atoms with Crippen LogP contribution >= 0.6 is 0 Å². The fourth-order valence-corrected chi connectivity index (χ4v) is 1.85. The SMILES string of the molecule is COCCC(Nc1cnc(C(=O)O)cn1)c1ccc(C)o1. The molecule has 0 aliphatic rings. The number of nitrogens with zero attached hydrogens (tertiary/aromatic N) is 2. The molecule has 0 bridgehead atoms. The van der Waals surface area contributed by atoms with Gasteiger partial charge in [-0.15, -0.1) is 0 Å². The van der Waals surface area contributed by atoms with Gasteiger partial charge in [-0.3, -0.25) is 0 Å². The molecule has 0 radical (unpaired) electrons. The Morgan fingerprint density at radius 1 is 1.43 bits per heavy atom. The number of rotatable bonds is 7. The van der Waals surface area contributed by atoms with Crippen LogP contribution in [0, 0.1) is 6.92 Å². The molecule has 2 heterocycles. The minimum atomic E-state index is -1.10. The lowest BCUT2D eigenvalue weighted by molar-refractivity contribution is 0.0690. The first-order valence-electron chi connectivity index (χ1n) is 6.47. The molecule has 21 heavy (non-hydrogen) atoms. The maximum atomic E-state index is 10.7. The van der Waals surface area contributed by atoms with E-state index in [-0.39, 0.29) is 11.7 Å². The molecular weight excluding hydrogens is 274 g/mol. The molecule has 1 unspecified atom stereocenters. The summed E-state index contributed by atoms with van der Waals surface area (Å²) in [7, 11) is 1.63. The molecule has 0 aliphatic heterocycles. The highest BCUT2D eigenvalue weighted by Gasteiger charge is 2.16. The van der Waals surface area contributed by atoms with E-state index in [0.29, 0.717) is 18.8 Å². The molecule has 2 aromatic rings. The van der Waals surface area contributed by atoms with Crippen molar-refractivity contribution < 1.29 is 19.1 Å². The Labute approximate surface area is 122 Å². The number of nitrogens with one attached hydrogen (secondary N) is 1. The van der Waals surface area contributed by atoms with E-state index in [1.807, 2.05) is 19.1 Å². The quantitative estimate of drug-likeness (QED) is 0.807. The van der Waals surface area contributed by atoms with Gasteiger partial charge in [0.1, 0.15) is 17.3 Å². The van der Waals surface area contributed by atoms with Crippen molar-refractivity contribution in [3.63, 3.8) is 0 Å². The van der Waals surface area contributed by atoms with Crippen LogP contribution in [0.5, 0.6) is 0 Å². The van der Waals surface area contributed by atoms with Crippen LogP contribution in [0.3, 0.4) is 0 Å². The zero-order valence-electron chi connectivity index (χ0n) is 11.9. The number of aryl methyl sites for hydroxylation is 1. The number of carboxylic acid groups (broad SMARTS) is 1. The van der Waals surface area contributed by atoms with E-state index in [2.05, 4.69) is 15.3 Å². The minimum absolute atomic E-state index is 0.0946. The first-order valence-corrected chi connectivity index (χ1v) is 6.47. The van der Waals surface area contributed by atoms with E-state index in [0.717, 1.165) is 11.5 Å². The van der Waals surface area contributed by atoms with Crippen LogP contribution < -0.4 is 5.32 Å². The van der Waals surface area contributed by atoms with Crippen molar-refractivity contribution in [2.45, 2.75) is 19.4 Å². The van der Waals surface area contributed by atoms with E-state index in [9.17, 15) is 4.79 Å². The van der Waals surface area contributed by atoms with Crippen molar-refractivity contribution in [2.75, 3.05) is 19.0 Å². The number of hydrogen-bond donors (Lipinski definition) is 2. The van der Waals surface area contributed by atoms with Crippen molar-refractivity contribution in [3.8, 4) is 0 Å². The second kappa shape index (κ2) is 6.85. The van der Waals surface area contributed by atoms with Crippen LogP contribution in [0.25, 0.3) is 0 Å². The van der Waals surface area contributed by atoms with Crippen molar-refractivity contribution in [3.05, 3.63) is 41.7 Å². The Balaban J connectivity index is 2.12. The molecule has 0 aromatic carbocycles. The summed E-state index contributed by atoms with van der Waals surface area (Å²) in [5.74, 6) is 0.969. The minimum Gasteiger partial charge on any atom is -0.476 e. The van der Waals surface area contributed by atoms with Gasteiger partial charge in [-0.05, 0) is 25.5 Å². The number of anilines is 1. The highest BCUT2D eigenvalue weighted by molar-refractivity contribution is 5.84. The van der Waals surface area contributed by atoms with Gasteiger partial charge in [-0.25, -0.2) is 14.8 Å². The zero-order chi connectivity index (χ0) is 15.2. The molecule has 7 heteroatoms. The monoisotopic (exact) mass is 291 g/mol. The van der Waals surface area contributed by atoms with Gasteiger partial charge >= 0.3 is 5.97 Å². The summed E-state index contributed by atoms with van der Waals surface area (Å²) in [6.07, 6.45) is 3.29. The van der Waals surface area contributed by atoms with Gasteiger partial charge in [0.15, 0.2) is 5.69 Å². The van der Waals surface area contributed by atoms with Crippen LogP contribution in [-0.2, 0) is 4.74 Å².